The van der Waals surface area contributed by atoms with Crippen molar-refractivity contribution in [2.45, 2.75) is 38.5 Å². The summed E-state index contributed by atoms with van der Waals surface area (Å²) < 4.78 is 10.7. The van der Waals surface area contributed by atoms with E-state index in [1.807, 2.05) is 24.3 Å². The van der Waals surface area contributed by atoms with Gasteiger partial charge in [-0.15, -0.1) is 0 Å². The molecule has 2 rings (SSSR count). The monoisotopic (exact) mass is 291 g/mol. The molecule has 1 N–H and O–H groups in total. The van der Waals surface area contributed by atoms with Gasteiger partial charge in [0.1, 0.15) is 18.1 Å². The number of benzene rings is 1. The van der Waals surface area contributed by atoms with Gasteiger partial charge in [0.2, 0.25) is 5.91 Å². The first-order valence-electron chi connectivity index (χ1n) is 7.81. The fraction of sp³-hybridized carbons (Fsp3) is 0.588. The van der Waals surface area contributed by atoms with Crippen LogP contribution in [0.25, 0.3) is 0 Å². The predicted molar refractivity (Wildman–Crippen MR) is 82.7 cm³/mol. The van der Waals surface area contributed by atoms with Gasteiger partial charge in [-0.25, -0.2) is 0 Å². The molecule has 0 spiro atoms. The molecule has 0 heterocycles. The Morgan fingerprint density at radius 3 is 2.48 bits per heavy atom. The Morgan fingerprint density at radius 2 is 1.81 bits per heavy atom. The van der Waals surface area contributed by atoms with Gasteiger partial charge in [-0.2, -0.15) is 0 Å². The standard InChI is InChI=1S/C17H25NO3/c1-20-15-7-9-16(10-8-15)21-12-11-18-17(19)13-14-5-3-2-4-6-14/h7-10,14H,2-6,11-13H2,1H3,(H,18,19). The second-order valence-corrected chi connectivity index (χ2v) is 5.58. The maximum absolute atomic E-state index is 11.8. The summed E-state index contributed by atoms with van der Waals surface area (Å²) in [6, 6.07) is 7.44. The first-order valence-corrected chi connectivity index (χ1v) is 7.81. The van der Waals surface area contributed by atoms with Gasteiger partial charge in [-0.05, 0) is 43.0 Å². The van der Waals surface area contributed by atoms with E-state index < -0.39 is 0 Å². The molecule has 1 aliphatic carbocycles. The zero-order valence-electron chi connectivity index (χ0n) is 12.8. The molecule has 0 radical (unpaired) electrons. The third-order valence-electron chi connectivity index (χ3n) is 3.95. The highest BCUT2D eigenvalue weighted by molar-refractivity contribution is 5.76. The van der Waals surface area contributed by atoms with E-state index in [1.54, 1.807) is 7.11 Å². The molecule has 1 fully saturated rings. The van der Waals surface area contributed by atoms with E-state index in [-0.39, 0.29) is 5.91 Å². The molecule has 1 aliphatic rings. The smallest absolute Gasteiger partial charge is 0.220 e. The highest BCUT2D eigenvalue weighted by atomic mass is 16.5. The minimum Gasteiger partial charge on any atom is -0.497 e. The molecule has 116 valence electrons. The minimum atomic E-state index is 0.153. The largest absolute Gasteiger partial charge is 0.497 e. The Kier molecular flexibility index (Phi) is 6.38. The van der Waals surface area contributed by atoms with Crippen molar-refractivity contribution in [3.8, 4) is 11.5 Å². The Hall–Kier alpha value is -1.71. The molecule has 0 unspecified atom stereocenters. The fourth-order valence-electron chi connectivity index (χ4n) is 2.76. The molecule has 0 atom stereocenters. The molecular formula is C17H25NO3. The second kappa shape index (κ2) is 8.55. The predicted octanol–water partition coefficient (Wildman–Crippen LogP) is 3.16. The Morgan fingerprint density at radius 1 is 1.14 bits per heavy atom. The van der Waals surface area contributed by atoms with Crippen LogP contribution in [-0.2, 0) is 4.79 Å². The van der Waals surface area contributed by atoms with Crippen LogP contribution in [0.15, 0.2) is 24.3 Å². The average molecular weight is 291 g/mol. The third-order valence-corrected chi connectivity index (χ3v) is 3.95. The first kappa shape index (κ1) is 15.7. The van der Waals surface area contributed by atoms with Gasteiger partial charge in [0.25, 0.3) is 0 Å². The topological polar surface area (TPSA) is 47.6 Å². The minimum absolute atomic E-state index is 0.153. The molecule has 4 nitrogen and oxygen atoms in total. The van der Waals surface area contributed by atoms with Crippen LogP contribution in [-0.4, -0.2) is 26.2 Å². The van der Waals surface area contributed by atoms with E-state index in [0.717, 1.165) is 11.5 Å². The van der Waals surface area contributed by atoms with E-state index in [9.17, 15) is 4.79 Å². The van der Waals surface area contributed by atoms with Gasteiger partial charge in [0.15, 0.2) is 0 Å². The van der Waals surface area contributed by atoms with Crippen molar-refractivity contribution in [3.05, 3.63) is 24.3 Å². The number of rotatable bonds is 7. The molecule has 0 bridgehead atoms. The zero-order chi connectivity index (χ0) is 14.9. The Balaban J connectivity index is 1.58. The van der Waals surface area contributed by atoms with Gasteiger partial charge in [-0.1, -0.05) is 19.3 Å². The number of carbonyl (C=O) groups is 1. The summed E-state index contributed by atoms with van der Waals surface area (Å²) in [6.07, 6.45) is 6.96. The SMILES string of the molecule is COc1ccc(OCCNC(=O)CC2CCCCC2)cc1. The van der Waals surface area contributed by atoms with E-state index in [0.29, 0.717) is 25.5 Å². The zero-order valence-corrected chi connectivity index (χ0v) is 12.8. The Bertz CT molecular complexity index is 424. The van der Waals surface area contributed by atoms with Crippen LogP contribution < -0.4 is 14.8 Å². The maximum atomic E-state index is 11.8. The number of nitrogens with one attached hydrogen (secondary N) is 1. The van der Waals surface area contributed by atoms with Crippen molar-refractivity contribution in [3.63, 3.8) is 0 Å². The molecule has 1 amide bonds. The summed E-state index contributed by atoms with van der Waals surface area (Å²) in [5, 5.41) is 2.93. The van der Waals surface area contributed by atoms with E-state index >= 15 is 0 Å². The molecule has 1 aromatic rings. The van der Waals surface area contributed by atoms with Gasteiger partial charge >= 0.3 is 0 Å². The van der Waals surface area contributed by atoms with Crippen LogP contribution in [0, 0.1) is 5.92 Å². The van der Waals surface area contributed by atoms with Crippen LogP contribution >= 0.6 is 0 Å². The van der Waals surface area contributed by atoms with Crippen molar-refractivity contribution < 1.29 is 14.3 Å². The summed E-state index contributed by atoms with van der Waals surface area (Å²) in [4.78, 5) is 11.8. The Labute approximate surface area is 126 Å². The van der Waals surface area contributed by atoms with Crippen LogP contribution in [0.4, 0.5) is 0 Å². The van der Waals surface area contributed by atoms with E-state index in [2.05, 4.69) is 5.32 Å². The molecular weight excluding hydrogens is 266 g/mol. The van der Waals surface area contributed by atoms with Gasteiger partial charge in [0.05, 0.1) is 13.7 Å². The third kappa shape index (κ3) is 5.66. The lowest BCUT2D eigenvalue weighted by atomic mass is 9.87. The normalized spacial score (nSPS) is 15.5. The number of hydrogen-bond acceptors (Lipinski definition) is 3. The molecule has 0 saturated heterocycles. The van der Waals surface area contributed by atoms with Crippen molar-refractivity contribution in [2.75, 3.05) is 20.3 Å². The number of amides is 1. The molecule has 21 heavy (non-hydrogen) atoms. The van der Waals surface area contributed by atoms with Crippen molar-refractivity contribution in [1.82, 2.24) is 5.32 Å². The maximum Gasteiger partial charge on any atom is 0.220 e. The number of ether oxygens (including phenoxy) is 2. The lowest BCUT2D eigenvalue weighted by Crippen LogP contribution is -2.30. The first-order chi connectivity index (χ1) is 10.3. The van der Waals surface area contributed by atoms with E-state index in [4.69, 9.17) is 9.47 Å². The summed E-state index contributed by atoms with van der Waals surface area (Å²) in [5.74, 6) is 2.34. The van der Waals surface area contributed by atoms with Crippen LogP contribution in [0.5, 0.6) is 11.5 Å². The van der Waals surface area contributed by atoms with Gasteiger partial charge in [-0.3, -0.25) is 4.79 Å². The van der Waals surface area contributed by atoms with Crippen LogP contribution in [0.2, 0.25) is 0 Å². The van der Waals surface area contributed by atoms with Crippen molar-refractivity contribution in [2.24, 2.45) is 5.92 Å². The second-order valence-electron chi connectivity index (χ2n) is 5.58. The molecule has 1 aromatic carbocycles. The summed E-state index contributed by atoms with van der Waals surface area (Å²) in [6.45, 7) is 1.04. The summed E-state index contributed by atoms with van der Waals surface area (Å²) in [7, 11) is 1.64. The lowest BCUT2D eigenvalue weighted by molar-refractivity contribution is -0.122. The lowest BCUT2D eigenvalue weighted by Gasteiger charge is -2.20. The van der Waals surface area contributed by atoms with Crippen molar-refractivity contribution >= 4 is 5.91 Å². The van der Waals surface area contributed by atoms with Gasteiger partial charge in [0, 0.05) is 6.42 Å². The molecule has 4 heteroatoms. The molecule has 0 aromatic heterocycles. The quantitative estimate of drug-likeness (QED) is 0.785. The molecule has 1 saturated carbocycles. The van der Waals surface area contributed by atoms with Gasteiger partial charge < -0.3 is 14.8 Å². The van der Waals surface area contributed by atoms with Crippen molar-refractivity contribution in [1.29, 1.82) is 0 Å². The number of hydrogen-bond donors (Lipinski definition) is 1. The number of methoxy groups -OCH3 is 1. The van der Waals surface area contributed by atoms with Crippen LogP contribution in [0.1, 0.15) is 38.5 Å². The van der Waals surface area contributed by atoms with Crippen LogP contribution in [0.3, 0.4) is 0 Å². The summed E-state index contributed by atoms with van der Waals surface area (Å²) in [5.41, 5.74) is 0. The highest BCUT2D eigenvalue weighted by Crippen LogP contribution is 2.26. The average Bonchev–Trinajstić information content (AvgIpc) is 2.53. The highest BCUT2D eigenvalue weighted by Gasteiger charge is 2.16. The van der Waals surface area contributed by atoms with E-state index in [1.165, 1.54) is 32.1 Å². The number of carbonyl (C=O) groups excluding carboxylic acids is 1. The fourth-order valence-corrected chi connectivity index (χ4v) is 2.76. The summed E-state index contributed by atoms with van der Waals surface area (Å²) >= 11 is 0. The molecule has 0 aliphatic heterocycles.